The van der Waals surface area contributed by atoms with Crippen LogP contribution in [0.3, 0.4) is 0 Å². The van der Waals surface area contributed by atoms with Crippen LogP contribution in [0, 0.1) is 0 Å². The van der Waals surface area contributed by atoms with Crippen LogP contribution in [-0.4, -0.2) is 36.4 Å². The average Bonchev–Trinajstić information content (AvgIpc) is 3.02. The normalized spacial score (nSPS) is 12.9. The van der Waals surface area contributed by atoms with Gasteiger partial charge in [-0.2, -0.15) is 0 Å². The van der Waals surface area contributed by atoms with Gasteiger partial charge in [0.25, 0.3) is 0 Å². The first-order valence-electron chi connectivity index (χ1n) is 17.8. The zero-order valence-electron chi connectivity index (χ0n) is 28.4. The molecule has 1 unspecified atom stereocenters. The molecule has 44 heavy (non-hydrogen) atoms. The third-order valence-electron chi connectivity index (χ3n) is 7.30. The lowest BCUT2D eigenvalue weighted by Gasteiger charge is -2.15. The molecule has 0 aliphatic heterocycles. The van der Waals surface area contributed by atoms with E-state index in [0.717, 1.165) is 64.2 Å². The van der Waals surface area contributed by atoms with Gasteiger partial charge >= 0.3 is 11.9 Å². The number of aliphatic hydroxyl groups is 1. The molecule has 0 aromatic carbocycles. The number of unbranched alkanes of at least 4 members (excludes halogenated alkanes) is 13. The summed E-state index contributed by atoms with van der Waals surface area (Å²) >= 11 is 0. The van der Waals surface area contributed by atoms with Crippen LogP contribution in [-0.2, 0) is 19.1 Å². The van der Waals surface area contributed by atoms with Crippen LogP contribution in [0.5, 0.6) is 0 Å². The molecule has 1 N–H and O–H groups in total. The number of hydrogen-bond donors (Lipinski definition) is 1. The molecule has 5 nitrogen and oxygen atoms in total. The highest BCUT2D eigenvalue weighted by Gasteiger charge is 2.16. The SMILES string of the molecule is CCC=CCC=CCC=CCC=CCCCCC(=O)OCC(CO)OC(=O)CCCCCCCCCC=CCCCCCC. The minimum Gasteiger partial charge on any atom is -0.462 e. The molecule has 0 bridgehead atoms. The van der Waals surface area contributed by atoms with Gasteiger partial charge in [0.15, 0.2) is 6.10 Å². The van der Waals surface area contributed by atoms with Crippen LogP contribution < -0.4 is 0 Å². The lowest BCUT2D eigenvalue weighted by molar-refractivity contribution is -0.161. The molecule has 0 saturated carbocycles. The smallest absolute Gasteiger partial charge is 0.306 e. The molecule has 0 aliphatic rings. The summed E-state index contributed by atoms with van der Waals surface area (Å²) in [5, 5.41) is 9.52. The monoisotopic (exact) mass is 614 g/mol. The van der Waals surface area contributed by atoms with E-state index >= 15 is 0 Å². The fraction of sp³-hybridized carbons (Fsp3) is 0.692. The van der Waals surface area contributed by atoms with Crippen molar-refractivity contribution in [3.63, 3.8) is 0 Å². The predicted molar refractivity (Wildman–Crippen MR) is 187 cm³/mol. The van der Waals surface area contributed by atoms with Crippen LogP contribution in [0.4, 0.5) is 0 Å². The Morgan fingerprint density at radius 2 is 0.977 bits per heavy atom. The van der Waals surface area contributed by atoms with Gasteiger partial charge in [0.05, 0.1) is 6.61 Å². The maximum atomic E-state index is 12.1. The Balaban J connectivity index is 3.67. The number of carbonyl (C=O) groups excluding carboxylic acids is 2. The molecule has 5 heteroatoms. The second kappa shape index (κ2) is 35.1. The summed E-state index contributed by atoms with van der Waals surface area (Å²) in [5.74, 6) is -0.650. The van der Waals surface area contributed by atoms with Crippen molar-refractivity contribution in [3.8, 4) is 0 Å². The Bertz CT molecular complexity index is 792. The third kappa shape index (κ3) is 32.5. The summed E-state index contributed by atoms with van der Waals surface area (Å²) in [7, 11) is 0. The molecule has 1 atom stereocenters. The number of allylic oxidation sites excluding steroid dienone is 10. The highest BCUT2D eigenvalue weighted by molar-refractivity contribution is 5.70. The van der Waals surface area contributed by atoms with E-state index in [1.54, 1.807) is 0 Å². The maximum absolute atomic E-state index is 12.1. The number of ether oxygens (including phenoxy) is 2. The Hall–Kier alpha value is -2.40. The van der Waals surface area contributed by atoms with Gasteiger partial charge in [-0.15, -0.1) is 0 Å². The summed E-state index contributed by atoms with van der Waals surface area (Å²) in [6.07, 6.45) is 44.2. The average molecular weight is 615 g/mol. The Kier molecular flexibility index (Phi) is 33.2. The quantitative estimate of drug-likeness (QED) is 0.0478. The largest absolute Gasteiger partial charge is 0.462 e. The first kappa shape index (κ1) is 41.6. The number of esters is 2. The van der Waals surface area contributed by atoms with E-state index in [1.807, 2.05) is 0 Å². The molecule has 0 aromatic heterocycles. The molecule has 0 saturated heterocycles. The van der Waals surface area contributed by atoms with Gasteiger partial charge in [-0.05, 0) is 77.0 Å². The topological polar surface area (TPSA) is 72.8 Å². The van der Waals surface area contributed by atoms with E-state index < -0.39 is 6.10 Å². The minimum absolute atomic E-state index is 0.0913. The molecule has 0 aliphatic carbocycles. The fourth-order valence-electron chi connectivity index (χ4n) is 4.60. The van der Waals surface area contributed by atoms with Crippen molar-refractivity contribution >= 4 is 11.9 Å². The van der Waals surface area contributed by atoms with E-state index in [-0.39, 0.29) is 25.2 Å². The van der Waals surface area contributed by atoms with Crippen molar-refractivity contribution in [1.29, 1.82) is 0 Å². The Morgan fingerprint density at radius 1 is 0.545 bits per heavy atom. The number of carbonyl (C=O) groups is 2. The summed E-state index contributed by atoms with van der Waals surface area (Å²) in [5.41, 5.74) is 0. The van der Waals surface area contributed by atoms with E-state index in [2.05, 4.69) is 74.6 Å². The van der Waals surface area contributed by atoms with Gasteiger partial charge in [0, 0.05) is 12.8 Å². The Morgan fingerprint density at radius 3 is 1.55 bits per heavy atom. The number of hydrogen-bond acceptors (Lipinski definition) is 5. The predicted octanol–water partition coefficient (Wildman–Crippen LogP) is 10.8. The van der Waals surface area contributed by atoms with E-state index in [9.17, 15) is 14.7 Å². The van der Waals surface area contributed by atoms with Gasteiger partial charge in [0.2, 0.25) is 0 Å². The molecule has 0 aromatic rings. The standard InChI is InChI=1S/C39H66O5/c1-3-5-7-9-11-13-15-17-19-21-23-25-27-29-31-33-38(41)43-36-37(35-40)44-39(42)34-32-30-28-26-24-22-20-18-16-14-12-10-8-6-4-2/h5,7,11,13-14,16-17,19,23,25,37,40H,3-4,6,8-10,12,15,18,20-22,24,26-36H2,1-2H3. The molecular formula is C39H66O5. The lowest BCUT2D eigenvalue weighted by atomic mass is 10.1. The second-order valence-electron chi connectivity index (χ2n) is 11.6. The van der Waals surface area contributed by atoms with Crippen molar-refractivity contribution in [2.75, 3.05) is 13.2 Å². The lowest BCUT2D eigenvalue weighted by Crippen LogP contribution is -2.28. The first-order chi connectivity index (χ1) is 21.6. The van der Waals surface area contributed by atoms with Crippen LogP contribution in [0.2, 0.25) is 0 Å². The summed E-state index contributed by atoms with van der Waals surface area (Å²) in [6.45, 7) is 3.95. The van der Waals surface area contributed by atoms with Crippen LogP contribution in [0.15, 0.2) is 60.8 Å². The van der Waals surface area contributed by atoms with Crippen LogP contribution >= 0.6 is 0 Å². The first-order valence-corrected chi connectivity index (χ1v) is 17.8. The second-order valence-corrected chi connectivity index (χ2v) is 11.6. The van der Waals surface area contributed by atoms with Crippen molar-refractivity contribution in [1.82, 2.24) is 0 Å². The molecule has 0 amide bonds. The summed E-state index contributed by atoms with van der Waals surface area (Å²) < 4.78 is 10.5. The fourth-order valence-corrected chi connectivity index (χ4v) is 4.60. The van der Waals surface area contributed by atoms with E-state index in [0.29, 0.717) is 12.8 Å². The molecule has 0 rings (SSSR count). The molecule has 252 valence electrons. The number of aliphatic hydroxyl groups excluding tert-OH is 1. The highest BCUT2D eigenvalue weighted by atomic mass is 16.6. The van der Waals surface area contributed by atoms with Gasteiger partial charge in [-0.25, -0.2) is 0 Å². The zero-order chi connectivity index (χ0) is 32.2. The van der Waals surface area contributed by atoms with Gasteiger partial charge in [0.1, 0.15) is 6.61 Å². The van der Waals surface area contributed by atoms with E-state index in [1.165, 1.54) is 64.2 Å². The van der Waals surface area contributed by atoms with Crippen molar-refractivity contribution in [2.24, 2.45) is 0 Å². The molecule has 0 radical (unpaired) electrons. The molecular weight excluding hydrogens is 548 g/mol. The van der Waals surface area contributed by atoms with Crippen molar-refractivity contribution in [2.45, 2.75) is 161 Å². The maximum Gasteiger partial charge on any atom is 0.306 e. The minimum atomic E-state index is -0.791. The zero-order valence-corrected chi connectivity index (χ0v) is 28.4. The van der Waals surface area contributed by atoms with Crippen molar-refractivity contribution < 1.29 is 24.2 Å². The number of rotatable bonds is 31. The summed E-state index contributed by atoms with van der Waals surface area (Å²) in [6, 6.07) is 0. The Labute approximate surface area is 271 Å². The van der Waals surface area contributed by atoms with E-state index in [4.69, 9.17) is 9.47 Å². The molecule has 0 fully saturated rings. The molecule has 0 spiro atoms. The third-order valence-corrected chi connectivity index (χ3v) is 7.30. The molecule has 0 heterocycles. The van der Waals surface area contributed by atoms with Crippen LogP contribution in [0.1, 0.15) is 155 Å². The van der Waals surface area contributed by atoms with Crippen LogP contribution in [0.25, 0.3) is 0 Å². The van der Waals surface area contributed by atoms with Gasteiger partial charge in [-0.1, -0.05) is 126 Å². The summed E-state index contributed by atoms with van der Waals surface area (Å²) in [4.78, 5) is 24.2. The van der Waals surface area contributed by atoms with Crippen molar-refractivity contribution in [3.05, 3.63) is 60.8 Å². The van der Waals surface area contributed by atoms with Gasteiger partial charge < -0.3 is 14.6 Å². The van der Waals surface area contributed by atoms with Gasteiger partial charge in [-0.3, -0.25) is 9.59 Å². The highest BCUT2D eigenvalue weighted by Crippen LogP contribution is 2.12.